The van der Waals surface area contributed by atoms with Gasteiger partial charge in [-0.15, -0.1) is 6.58 Å². The van der Waals surface area contributed by atoms with Crippen LogP contribution in [-0.4, -0.2) is 25.0 Å². The van der Waals surface area contributed by atoms with E-state index in [9.17, 15) is 4.79 Å². The first kappa shape index (κ1) is 16.8. The normalized spacial score (nSPS) is 11.0. The Labute approximate surface area is 126 Å². The van der Waals surface area contributed by atoms with Crippen LogP contribution in [0.2, 0.25) is 0 Å². The Kier molecular flexibility index (Phi) is 7.01. The molecule has 0 aliphatic carbocycles. The number of nitrogens with one attached hydrogen (secondary N) is 2. The lowest BCUT2D eigenvalue weighted by atomic mass is 10.0. The molecule has 1 amide bonds. The highest BCUT2D eigenvalue weighted by molar-refractivity contribution is 5.95. The summed E-state index contributed by atoms with van der Waals surface area (Å²) < 4.78 is 0. The van der Waals surface area contributed by atoms with E-state index < -0.39 is 0 Å². The Morgan fingerprint density at radius 1 is 1.33 bits per heavy atom. The van der Waals surface area contributed by atoms with E-state index in [0.717, 1.165) is 18.5 Å². The number of guanidine groups is 1. The van der Waals surface area contributed by atoms with Gasteiger partial charge in [0.05, 0.1) is 0 Å². The summed E-state index contributed by atoms with van der Waals surface area (Å²) in [4.78, 5) is 15.5. The molecule has 0 aromatic heterocycles. The Hall–Kier alpha value is -2.30. The van der Waals surface area contributed by atoms with Crippen LogP contribution in [0.5, 0.6) is 0 Å². The van der Waals surface area contributed by atoms with Crippen LogP contribution in [0, 0.1) is 0 Å². The SMILES string of the molecule is C=CCNC(=O)CN=C(N)Nc1c(CC)cccc1CC. The quantitative estimate of drug-likeness (QED) is 0.407. The molecule has 21 heavy (non-hydrogen) atoms. The molecule has 0 bridgehead atoms. The summed E-state index contributed by atoms with van der Waals surface area (Å²) in [6, 6.07) is 6.16. The molecule has 0 fully saturated rings. The third kappa shape index (κ3) is 5.30. The number of benzene rings is 1. The molecule has 1 aromatic carbocycles. The minimum Gasteiger partial charge on any atom is -0.370 e. The zero-order valence-electron chi connectivity index (χ0n) is 12.8. The van der Waals surface area contributed by atoms with Crippen molar-refractivity contribution in [3.8, 4) is 0 Å². The zero-order chi connectivity index (χ0) is 15.7. The average molecular weight is 288 g/mol. The maximum atomic E-state index is 11.5. The van der Waals surface area contributed by atoms with Crippen LogP contribution >= 0.6 is 0 Å². The molecule has 5 nitrogen and oxygen atoms in total. The van der Waals surface area contributed by atoms with Crippen molar-refractivity contribution in [3.05, 3.63) is 42.0 Å². The monoisotopic (exact) mass is 288 g/mol. The van der Waals surface area contributed by atoms with E-state index in [0.29, 0.717) is 6.54 Å². The maximum absolute atomic E-state index is 11.5. The summed E-state index contributed by atoms with van der Waals surface area (Å²) in [5, 5.41) is 5.77. The first-order valence-corrected chi connectivity index (χ1v) is 7.17. The standard InChI is InChI=1S/C16H24N4O/c1-4-10-18-14(21)11-19-16(17)20-15-12(5-2)8-7-9-13(15)6-3/h4,7-9H,1,5-6,10-11H2,2-3H3,(H,18,21)(H3,17,19,20). The number of aliphatic imine (C=N–C) groups is 1. The molecule has 0 saturated carbocycles. The maximum Gasteiger partial charge on any atom is 0.242 e. The van der Waals surface area contributed by atoms with Gasteiger partial charge in [-0.25, -0.2) is 4.99 Å². The Morgan fingerprint density at radius 2 is 1.95 bits per heavy atom. The van der Waals surface area contributed by atoms with Gasteiger partial charge in [0, 0.05) is 12.2 Å². The van der Waals surface area contributed by atoms with Crippen LogP contribution in [0.15, 0.2) is 35.8 Å². The van der Waals surface area contributed by atoms with E-state index >= 15 is 0 Å². The molecule has 1 rings (SSSR count). The number of aryl methyl sites for hydroxylation is 2. The molecule has 0 heterocycles. The fourth-order valence-electron chi connectivity index (χ4n) is 1.97. The average Bonchev–Trinajstić information content (AvgIpc) is 2.51. The van der Waals surface area contributed by atoms with Crippen LogP contribution < -0.4 is 16.4 Å². The zero-order valence-corrected chi connectivity index (χ0v) is 12.8. The molecule has 0 unspecified atom stereocenters. The number of carbonyl (C=O) groups excluding carboxylic acids is 1. The summed E-state index contributed by atoms with van der Waals surface area (Å²) >= 11 is 0. The molecule has 4 N–H and O–H groups in total. The van der Waals surface area contributed by atoms with Gasteiger partial charge in [0.15, 0.2) is 5.96 Å². The molecule has 5 heteroatoms. The summed E-state index contributed by atoms with van der Waals surface area (Å²) in [5.41, 5.74) is 9.23. The van der Waals surface area contributed by atoms with E-state index in [-0.39, 0.29) is 18.4 Å². The fourth-order valence-corrected chi connectivity index (χ4v) is 1.97. The summed E-state index contributed by atoms with van der Waals surface area (Å²) in [6.45, 7) is 8.15. The van der Waals surface area contributed by atoms with Gasteiger partial charge in [-0.1, -0.05) is 38.1 Å². The van der Waals surface area contributed by atoms with Crippen molar-refractivity contribution in [2.24, 2.45) is 10.7 Å². The highest BCUT2D eigenvalue weighted by Crippen LogP contribution is 2.22. The lowest BCUT2D eigenvalue weighted by molar-refractivity contribution is -0.119. The highest BCUT2D eigenvalue weighted by Gasteiger charge is 2.07. The first-order valence-electron chi connectivity index (χ1n) is 7.17. The van der Waals surface area contributed by atoms with Crippen LogP contribution in [0.3, 0.4) is 0 Å². The summed E-state index contributed by atoms with van der Waals surface area (Å²) in [7, 11) is 0. The fraction of sp³-hybridized carbons (Fsp3) is 0.375. The molecule has 0 atom stereocenters. The van der Waals surface area contributed by atoms with Gasteiger partial charge in [-0.3, -0.25) is 4.79 Å². The van der Waals surface area contributed by atoms with Crippen LogP contribution in [0.25, 0.3) is 0 Å². The van der Waals surface area contributed by atoms with Crippen LogP contribution in [0.4, 0.5) is 5.69 Å². The minimum atomic E-state index is -0.181. The third-order valence-corrected chi connectivity index (χ3v) is 3.09. The van der Waals surface area contributed by atoms with Crippen molar-refractivity contribution in [2.75, 3.05) is 18.4 Å². The summed E-state index contributed by atoms with van der Waals surface area (Å²) in [6.07, 6.45) is 3.43. The van der Waals surface area contributed by atoms with Gasteiger partial charge in [0.1, 0.15) is 6.54 Å². The lowest BCUT2D eigenvalue weighted by Gasteiger charge is -2.14. The second-order valence-corrected chi connectivity index (χ2v) is 4.58. The van der Waals surface area contributed by atoms with E-state index in [1.54, 1.807) is 6.08 Å². The number of hydrogen-bond acceptors (Lipinski definition) is 2. The van der Waals surface area contributed by atoms with Crippen molar-refractivity contribution in [3.63, 3.8) is 0 Å². The third-order valence-electron chi connectivity index (χ3n) is 3.09. The van der Waals surface area contributed by atoms with Crippen LogP contribution in [-0.2, 0) is 17.6 Å². The van der Waals surface area contributed by atoms with Crippen LogP contribution in [0.1, 0.15) is 25.0 Å². The number of para-hydroxylation sites is 1. The van der Waals surface area contributed by atoms with Gasteiger partial charge < -0.3 is 16.4 Å². The van der Waals surface area contributed by atoms with E-state index in [1.807, 2.05) is 6.07 Å². The minimum absolute atomic E-state index is 0.00240. The molecule has 0 radical (unpaired) electrons. The largest absolute Gasteiger partial charge is 0.370 e. The molecule has 0 aliphatic rings. The Morgan fingerprint density at radius 3 is 2.48 bits per heavy atom. The second kappa shape index (κ2) is 8.79. The predicted octanol–water partition coefficient (Wildman–Crippen LogP) is 1.84. The Balaban J connectivity index is 2.76. The number of nitrogens with two attached hydrogens (primary N) is 1. The smallest absolute Gasteiger partial charge is 0.242 e. The molecule has 0 spiro atoms. The van der Waals surface area contributed by atoms with E-state index in [4.69, 9.17) is 5.73 Å². The molecule has 0 aliphatic heterocycles. The summed E-state index contributed by atoms with van der Waals surface area (Å²) in [5.74, 6) is 0.0681. The van der Waals surface area contributed by atoms with Crippen molar-refractivity contribution in [1.82, 2.24) is 5.32 Å². The van der Waals surface area contributed by atoms with E-state index in [2.05, 4.69) is 48.2 Å². The van der Waals surface area contributed by atoms with Gasteiger partial charge in [0.25, 0.3) is 0 Å². The second-order valence-electron chi connectivity index (χ2n) is 4.58. The highest BCUT2D eigenvalue weighted by atomic mass is 16.1. The molecule has 114 valence electrons. The molecular formula is C16H24N4O. The van der Waals surface area contributed by atoms with Crippen molar-refractivity contribution in [2.45, 2.75) is 26.7 Å². The number of amides is 1. The number of hydrogen-bond donors (Lipinski definition) is 3. The molecule has 0 saturated heterocycles. The lowest BCUT2D eigenvalue weighted by Crippen LogP contribution is -2.29. The topological polar surface area (TPSA) is 79.5 Å². The number of nitrogens with zero attached hydrogens (tertiary/aromatic N) is 1. The van der Waals surface area contributed by atoms with Crippen molar-refractivity contribution >= 4 is 17.6 Å². The van der Waals surface area contributed by atoms with Gasteiger partial charge in [0.2, 0.25) is 5.91 Å². The predicted molar refractivity (Wildman–Crippen MR) is 88.5 cm³/mol. The number of anilines is 1. The number of carbonyl (C=O) groups is 1. The Bertz CT molecular complexity index is 501. The van der Waals surface area contributed by atoms with Crippen molar-refractivity contribution < 1.29 is 4.79 Å². The van der Waals surface area contributed by atoms with E-state index in [1.165, 1.54) is 11.1 Å². The van der Waals surface area contributed by atoms with Gasteiger partial charge in [-0.2, -0.15) is 0 Å². The first-order chi connectivity index (χ1) is 10.1. The van der Waals surface area contributed by atoms with Crippen molar-refractivity contribution in [1.29, 1.82) is 0 Å². The van der Waals surface area contributed by atoms with Gasteiger partial charge >= 0.3 is 0 Å². The molecular weight excluding hydrogens is 264 g/mol. The van der Waals surface area contributed by atoms with Gasteiger partial charge in [-0.05, 0) is 24.0 Å². The molecule has 1 aromatic rings. The number of rotatable bonds is 7.